The zero-order chi connectivity index (χ0) is 27.4. The van der Waals surface area contributed by atoms with Crippen molar-refractivity contribution in [1.29, 1.82) is 0 Å². The molecule has 39 heavy (non-hydrogen) atoms. The largest absolute Gasteiger partial charge is 0.459 e. The van der Waals surface area contributed by atoms with Gasteiger partial charge in [0.15, 0.2) is 0 Å². The first-order chi connectivity index (χ1) is 18.9. The van der Waals surface area contributed by atoms with E-state index in [0.717, 1.165) is 28.1 Å². The third-order valence-electron chi connectivity index (χ3n) is 6.90. The van der Waals surface area contributed by atoms with Crippen LogP contribution in [0.4, 0.5) is 10.1 Å². The van der Waals surface area contributed by atoms with E-state index in [2.05, 4.69) is 23.7 Å². The molecule has 198 valence electrons. The van der Waals surface area contributed by atoms with E-state index >= 15 is 0 Å². The lowest BCUT2D eigenvalue weighted by Crippen LogP contribution is -2.22. The number of cyclic esters (lactones) is 1. The fourth-order valence-corrected chi connectivity index (χ4v) is 5.23. The Morgan fingerprint density at radius 2 is 1.64 bits per heavy atom. The molecule has 1 aliphatic rings. The maximum Gasteiger partial charge on any atom is 0.330 e. The van der Waals surface area contributed by atoms with Gasteiger partial charge in [-0.2, -0.15) is 0 Å². The van der Waals surface area contributed by atoms with Crippen molar-refractivity contribution in [3.8, 4) is 22.4 Å². The molecule has 0 saturated carbocycles. The quantitative estimate of drug-likeness (QED) is 0.242. The third kappa shape index (κ3) is 5.70. The number of carbonyl (C=O) groups is 2. The van der Waals surface area contributed by atoms with Crippen LogP contribution in [-0.4, -0.2) is 22.5 Å². The summed E-state index contributed by atoms with van der Waals surface area (Å²) < 4.78 is 21.7. The normalized spacial score (nSPS) is 14.9. The summed E-state index contributed by atoms with van der Waals surface area (Å²) in [5, 5.41) is 3.09. The average molecular weight is 523 g/mol. The zero-order valence-corrected chi connectivity index (χ0v) is 22.1. The van der Waals surface area contributed by atoms with Crippen molar-refractivity contribution in [3.05, 3.63) is 114 Å². The average Bonchev–Trinajstić information content (AvgIpc) is 3.29. The Balaban J connectivity index is 1.72. The highest BCUT2D eigenvalue weighted by atomic mass is 19.1. The summed E-state index contributed by atoms with van der Waals surface area (Å²) in [7, 11) is 0. The zero-order valence-electron chi connectivity index (χ0n) is 22.1. The summed E-state index contributed by atoms with van der Waals surface area (Å²) in [5.41, 5.74) is 5.48. The van der Waals surface area contributed by atoms with E-state index in [4.69, 9.17) is 4.74 Å². The summed E-state index contributed by atoms with van der Waals surface area (Å²) >= 11 is 0. The molecule has 0 radical (unpaired) electrons. The number of nitrogens with zero attached hydrogens (tertiary/aromatic N) is 1. The number of halogens is 1. The van der Waals surface area contributed by atoms with Crippen LogP contribution in [0.5, 0.6) is 0 Å². The minimum Gasteiger partial charge on any atom is -0.459 e. The molecule has 4 aromatic rings. The van der Waals surface area contributed by atoms with Crippen molar-refractivity contribution in [3.63, 3.8) is 0 Å². The highest BCUT2D eigenvalue weighted by Gasteiger charge is 2.31. The van der Waals surface area contributed by atoms with Crippen LogP contribution in [0, 0.1) is 5.82 Å². The molecule has 0 saturated heterocycles. The van der Waals surface area contributed by atoms with Crippen LogP contribution in [0.25, 0.3) is 22.4 Å². The van der Waals surface area contributed by atoms with Crippen LogP contribution >= 0.6 is 0 Å². The van der Waals surface area contributed by atoms with Gasteiger partial charge in [0.2, 0.25) is 0 Å². The second kappa shape index (κ2) is 11.5. The van der Waals surface area contributed by atoms with Crippen molar-refractivity contribution in [1.82, 2.24) is 4.57 Å². The van der Waals surface area contributed by atoms with Crippen LogP contribution in [-0.2, 0) is 16.1 Å². The summed E-state index contributed by atoms with van der Waals surface area (Å²) in [6.45, 7) is 4.65. The van der Waals surface area contributed by atoms with Crippen LogP contribution in [0.1, 0.15) is 48.7 Å². The van der Waals surface area contributed by atoms with Gasteiger partial charge in [-0.25, -0.2) is 9.18 Å². The lowest BCUT2D eigenvalue weighted by Gasteiger charge is -2.22. The molecule has 5 rings (SSSR count). The van der Waals surface area contributed by atoms with Crippen LogP contribution in [0.2, 0.25) is 0 Å². The van der Waals surface area contributed by atoms with Crippen molar-refractivity contribution in [2.24, 2.45) is 0 Å². The number of hydrogen-bond donors (Lipinski definition) is 1. The van der Waals surface area contributed by atoms with E-state index < -0.39 is 0 Å². The Labute approximate surface area is 227 Å². The van der Waals surface area contributed by atoms with E-state index in [9.17, 15) is 14.0 Å². The third-order valence-corrected chi connectivity index (χ3v) is 6.90. The maximum atomic E-state index is 14.1. The van der Waals surface area contributed by atoms with E-state index in [1.807, 2.05) is 66.7 Å². The van der Waals surface area contributed by atoms with E-state index in [1.54, 1.807) is 12.1 Å². The number of hydrogen-bond acceptors (Lipinski definition) is 3. The summed E-state index contributed by atoms with van der Waals surface area (Å²) in [6.07, 6.45) is 4.25. The summed E-state index contributed by atoms with van der Waals surface area (Å²) in [6, 6.07) is 25.6. The van der Waals surface area contributed by atoms with E-state index in [1.165, 1.54) is 18.2 Å². The minimum atomic E-state index is -0.338. The first kappa shape index (κ1) is 26.2. The smallest absolute Gasteiger partial charge is 0.330 e. The van der Waals surface area contributed by atoms with E-state index in [-0.39, 0.29) is 29.7 Å². The molecule has 0 bridgehead atoms. The molecule has 1 N–H and O–H groups in total. The maximum absolute atomic E-state index is 14.1. The van der Waals surface area contributed by atoms with Crippen LogP contribution < -0.4 is 5.32 Å². The SMILES string of the molecule is CC(C)c1c(C(=O)Nc2ccccc2)c(-c2ccccc2)c(-c2ccc(F)cc2)n1CCC1CC=CC(=O)O1. The highest BCUT2D eigenvalue weighted by molar-refractivity contribution is 6.12. The number of aromatic nitrogens is 1. The van der Waals surface area contributed by atoms with Gasteiger partial charge >= 0.3 is 5.97 Å². The Morgan fingerprint density at radius 1 is 0.974 bits per heavy atom. The molecule has 0 aliphatic carbocycles. The van der Waals surface area contributed by atoms with Crippen molar-refractivity contribution < 1.29 is 18.7 Å². The van der Waals surface area contributed by atoms with Crippen LogP contribution in [0.3, 0.4) is 0 Å². The molecule has 1 atom stereocenters. The predicted octanol–water partition coefficient (Wildman–Crippen LogP) is 7.60. The fraction of sp³-hybridized carbons (Fsp3) is 0.212. The second-order valence-corrected chi connectivity index (χ2v) is 9.97. The Hall–Kier alpha value is -4.45. The number of anilines is 1. The predicted molar refractivity (Wildman–Crippen MR) is 152 cm³/mol. The minimum absolute atomic E-state index is 0.00742. The van der Waals surface area contributed by atoms with E-state index in [0.29, 0.717) is 30.6 Å². The van der Waals surface area contributed by atoms with Gasteiger partial charge in [-0.3, -0.25) is 4.79 Å². The lowest BCUT2D eigenvalue weighted by molar-refractivity contribution is -0.144. The van der Waals surface area contributed by atoms with Gasteiger partial charge in [0.1, 0.15) is 11.9 Å². The first-order valence-corrected chi connectivity index (χ1v) is 13.2. The van der Waals surface area contributed by atoms with Crippen LogP contribution in [0.15, 0.2) is 97.1 Å². The molecule has 3 aromatic carbocycles. The summed E-state index contributed by atoms with van der Waals surface area (Å²) in [4.78, 5) is 26.0. The highest BCUT2D eigenvalue weighted by Crippen LogP contribution is 2.42. The number of rotatable bonds is 8. The van der Waals surface area contributed by atoms with Gasteiger partial charge in [-0.15, -0.1) is 0 Å². The van der Waals surface area contributed by atoms with Crippen molar-refractivity contribution in [2.45, 2.75) is 45.3 Å². The molecule has 0 fully saturated rings. The molecule has 0 spiro atoms. The number of nitrogens with one attached hydrogen (secondary N) is 1. The molecular formula is C33H31FN2O3. The number of esters is 1. The fourth-order valence-electron chi connectivity index (χ4n) is 5.23. The molecule has 5 nitrogen and oxygen atoms in total. The first-order valence-electron chi connectivity index (χ1n) is 13.2. The Kier molecular flexibility index (Phi) is 7.73. The molecule has 1 unspecified atom stereocenters. The molecular weight excluding hydrogens is 491 g/mol. The van der Waals surface area contributed by atoms with Gasteiger partial charge in [-0.1, -0.05) is 68.5 Å². The number of ether oxygens (including phenoxy) is 1. The second-order valence-electron chi connectivity index (χ2n) is 9.97. The molecule has 1 aliphatic heterocycles. The lowest BCUT2D eigenvalue weighted by atomic mass is 9.94. The van der Waals surface area contributed by atoms with Gasteiger partial charge in [0.25, 0.3) is 5.91 Å². The molecule has 1 aromatic heterocycles. The molecule has 2 heterocycles. The number of benzene rings is 3. The Bertz CT molecular complexity index is 1490. The molecule has 6 heteroatoms. The van der Waals surface area contributed by atoms with Gasteiger partial charge in [0, 0.05) is 42.4 Å². The number of carbonyl (C=O) groups excluding carboxylic acids is 2. The van der Waals surface area contributed by atoms with Gasteiger partial charge < -0.3 is 14.6 Å². The van der Waals surface area contributed by atoms with Crippen molar-refractivity contribution >= 4 is 17.6 Å². The molecule has 1 amide bonds. The monoisotopic (exact) mass is 522 g/mol. The summed E-state index contributed by atoms with van der Waals surface area (Å²) in [5.74, 6) is -0.885. The van der Waals surface area contributed by atoms with Gasteiger partial charge in [-0.05, 0) is 53.4 Å². The standard InChI is InChI=1S/C33H31FN2O3/c1-22(2)31-30(33(38)35-26-12-7-4-8-13-26)29(23-10-5-3-6-11-23)32(24-16-18-25(34)19-17-24)36(31)21-20-27-14-9-15-28(37)39-27/h3-13,15-19,22,27H,14,20-21H2,1-2H3,(H,35,38). The van der Waals surface area contributed by atoms with Crippen molar-refractivity contribution in [2.75, 3.05) is 5.32 Å². The Morgan fingerprint density at radius 3 is 2.28 bits per heavy atom. The number of amides is 1. The topological polar surface area (TPSA) is 60.3 Å². The van der Waals surface area contributed by atoms with Gasteiger partial charge in [0.05, 0.1) is 11.3 Å². The number of para-hydroxylation sites is 1.